The van der Waals surface area contributed by atoms with E-state index in [4.69, 9.17) is 4.74 Å². The summed E-state index contributed by atoms with van der Waals surface area (Å²) in [6.07, 6.45) is 2.63. The monoisotopic (exact) mass is 322 g/mol. The normalized spacial score (nSPS) is 13.1. The third kappa shape index (κ3) is 6.10. The van der Waals surface area contributed by atoms with Crippen LogP contribution < -0.4 is 0 Å². The SMILES string of the molecule is CCC(C=O)C(CC=O)CC(=O)OCCc1ccc(O)c(O)c1. The van der Waals surface area contributed by atoms with Gasteiger partial charge in [-0.05, 0) is 30.0 Å². The van der Waals surface area contributed by atoms with E-state index in [9.17, 15) is 24.6 Å². The highest BCUT2D eigenvalue weighted by Gasteiger charge is 2.23. The number of esters is 1. The molecule has 6 nitrogen and oxygen atoms in total. The highest BCUT2D eigenvalue weighted by molar-refractivity contribution is 5.71. The molecule has 2 atom stereocenters. The first-order chi connectivity index (χ1) is 11.0. The molecular formula is C17H22O6. The van der Waals surface area contributed by atoms with Gasteiger partial charge in [-0.25, -0.2) is 0 Å². The minimum Gasteiger partial charge on any atom is -0.504 e. The first-order valence-corrected chi connectivity index (χ1v) is 7.57. The number of phenolic OH excluding ortho intramolecular Hbond substituents is 2. The number of aldehydes is 2. The quantitative estimate of drug-likeness (QED) is 0.388. The summed E-state index contributed by atoms with van der Waals surface area (Å²) < 4.78 is 5.12. The lowest BCUT2D eigenvalue weighted by Gasteiger charge is -2.18. The summed E-state index contributed by atoms with van der Waals surface area (Å²) in [6.45, 7) is 1.95. The highest BCUT2D eigenvalue weighted by atomic mass is 16.5. The minimum absolute atomic E-state index is 0.0246. The number of ether oxygens (including phenoxy) is 1. The summed E-state index contributed by atoms with van der Waals surface area (Å²) in [7, 11) is 0. The molecule has 0 radical (unpaired) electrons. The van der Waals surface area contributed by atoms with Crippen molar-refractivity contribution in [2.75, 3.05) is 6.61 Å². The van der Waals surface area contributed by atoms with E-state index in [1.807, 2.05) is 6.92 Å². The van der Waals surface area contributed by atoms with Crippen LogP contribution in [0.3, 0.4) is 0 Å². The molecule has 2 N–H and O–H groups in total. The predicted octanol–water partition coefficient (Wildman–Crippen LogP) is 2.00. The first-order valence-electron chi connectivity index (χ1n) is 7.57. The van der Waals surface area contributed by atoms with Gasteiger partial charge in [0.25, 0.3) is 0 Å². The third-order valence-corrected chi connectivity index (χ3v) is 3.77. The topological polar surface area (TPSA) is 101 Å². The molecule has 0 amide bonds. The second kappa shape index (κ2) is 9.61. The van der Waals surface area contributed by atoms with E-state index >= 15 is 0 Å². The third-order valence-electron chi connectivity index (χ3n) is 3.77. The fourth-order valence-electron chi connectivity index (χ4n) is 2.35. The lowest BCUT2D eigenvalue weighted by atomic mass is 9.86. The summed E-state index contributed by atoms with van der Waals surface area (Å²) >= 11 is 0. The van der Waals surface area contributed by atoms with Gasteiger partial charge in [0.1, 0.15) is 12.6 Å². The maximum Gasteiger partial charge on any atom is 0.306 e. The smallest absolute Gasteiger partial charge is 0.306 e. The number of rotatable bonds is 10. The molecule has 1 aromatic rings. The van der Waals surface area contributed by atoms with Crippen molar-refractivity contribution in [3.05, 3.63) is 23.8 Å². The van der Waals surface area contributed by atoms with Crippen molar-refractivity contribution < 1.29 is 29.3 Å². The number of hydrogen-bond donors (Lipinski definition) is 2. The zero-order chi connectivity index (χ0) is 17.2. The Morgan fingerprint density at radius 2 is 2.00 bits per heavy atom. The summed E-state index contributed by atoms with van der Waals surface area (Å²) in [5, 5.41) is 18.6. The van der Waals surface area contributed by atoms with E-state index < -0.39 is 5.97 Å². The Bertz CT molecular complexity index is 540. The highest BCUT2D eigenvalue weighted by Crippen LogP contribution is 2.25. The van der Waals surface area contributed by atoms with Crippen molar-refractivity contribution in [3.8, 4) is 11.5 Å². The molecule has 0 aromatic heterocycles. The molecule has 2 unspecified atom stereocenters. The van der Waals surface area contributed by atoms with Gasteiger partial charge < -0.3 is 24.5 Å². The van der Waals surface area contributed by atoms with E-state index in [1.165, 1.54) is 12.1 Å². The molecule has 0 spiro atoms. The fourth-order valence-corrected chi connectivity index (χ4v) is 2.35. The molecule has 6 heteroatoms. The van der Waals surface area contributed by atoms with E-state index in [0.29, 0.717) is 19.1 Å². The molecule has 23 heavy (non-hydrogen) atoms. The molecule has 0 bridgehead atoms. The number of carbonyl (C=O) groups excluding carboxylic acids is 3. The van der Waals surface area contributed by atoms with Crippen LogP contribution in [0.1, 0.15) is 31.7 Å². The maximum absolute atomic E-state index is 11.8. The standard InChI is InChI=1S/C17H22O6/c1-2-13(11-19)14(5-7-18)10-17(22)23-8-6-12-3-4-15(20)16(21)9-12/h3-4,7,9,11,13-14,20-21H,2,5-6,8,10H2,1H3. The Hall–Kier alpha value is -2.37. The number of phenols is 2. The van der Waals surface area contributed by atoms with Crippen molar-refractivity contribution in [2.45, 2.75) is 32.6 Å². The molecule has 1 rings (SSSR count). The van der Waals surface area contributed by atoms with Crippen LogP contribution in [-0.4, -0.2) is 35.4 Å². The largest absolute Gasteiger partial charge is 0.504 e. The molecule has 0 aliphatic rings. The van der Waals surface area contributed by atoms with E-state index in [2.05, 4.69) is 0 Å². The van der Waals surface area contributed by atoms with Crippen LogP contribution in [0, 0.1) is 11.8 Å². The number of benzene rings is 1. The van der Waals surface area contributed by atoms with Crippen molar-refractivity contribution >= 4 is 18.5 Å². The molecule has 0 fully saturated rings. The maximum atomic E-state index is 11.8. The lowest BCUT2D eigenvalue weighted by Crippen LogP contribution is -2.21. The first kappa shape index (κ1) is 18.7. The molecule has 126 valence electrons. The van der Waals surface area contributed by atoms with E-state index in [-0.39, 0.29) is 42.8 Å². The van der Waals surface area contributed by atoms with Crippen molar-refractivity contribution in [2.24, 2.45) is 11.8 Å². The average Bonchev–Trinajstić information content (AvgIpc) is 2.52. The van der Waals surface area contributed by atoms with Gasteiger partial charge in [0.2, 0.25) is 0 Å². The fraction of sp³-hybridized carbons (Fsp3) is 0.471. The second-order valence-electron chi connectivity index (χ2n) is 5.37. The number of hydrogen-bond acceptors (Lipinski definition) is 6. The van der Waals surface area contributed by atoms with E-state index in [0.717, 1.165) is 11.8 Å². The Labute approximate surface area is 135 Å². The van der Waals surface area contributed by atoms with Crippen LogP contribution in [0.25, 0.3) is 0 Å². The van der Waals surface area contributed by atoms with Gasteiger partial charge in [-0.2, -0.15) is 0 Å². The van der Waals surface area contributed by atoms with Crippen LogP contribution in [0.15, 0.2) is 18.2 Å². The van der Waals surface area contributed by atoms with E-state index in [1.54, 1.807) is 6.07 Å². The second-order valence-corrected chi connectivity index (χ2v) is 5.37. The van der Waals surface area contributed by atoms with Crippen LogP contribution in [0.5, 0.6) is 11.5 Å². The molecule has 0 aliphatic carbocycles. The van der Waals surface area contributed by atoms with Crippen LogP contribution >= 0.6 is 0 Å². The van der Waals surface area contributed by atoms with Crippen LogP contribution in [0.4, 0.5) is 0 Å². The van der Waals surface area contributed by atoms with Crippen molar-refractivity contribution in [1.82, 2.24) is 0 Å². The molecule has 0 heterocycles. The summed E-state index contributed by atoms with van der Waals surface area (Å²) in [5.74, 6) is -1.55. The number of carbonyl (C=O) groups is 3. The van der Waals surface area contributed by atoms with Crippen molar-refractivity contribution in [1.29, 1.82) is 0 Å². The summed E-state index contributed by atoms with van der Waals surface area (Å²) in [6, 6.07) is 4.39. The molecule has 0 saturated carbocycles. The Morgan fingerprint density at radius 3 is 2.57 bits per heavy atom. The van der Waals surface area contributed by atoms with Crippen LogP contribution in [0.2, 0.25) is 0 Å². The minimum atomic E-state index is -0.458. The Kier molecular flexibility index (Phi) is 7.80. The van der Waals surface area contributed by atoms with Gasteiger partial charge in [-0.1, -0.05) is 13.0 Å². The lowest BCUT2D eigenvalue weighted by molar-refractivity contribution is -0.145. The Morgan fingerprint density at radius 1 is 1.26 bits per heavy atom. The Balaban J connectivity index is 2.46. The zero-order valence-electron chi connectivity index (χ0n) is 13.1. The van der Waals surface area contributed by atoms with Gasteiger partial charge in [-0.3, -0.25) is 4.79 Å². The zero-order valence-corrected chi connectivity index (χ0v) is 13.1. The summed E-state index contributed by atoms with van der Waals surface area (Å²) in [5.41, 5.74) is 0.719. The van der Waals surface area contributed by atoms with Crippen molar-refractivity contribution in [3.63, 3.8) is 0 Å². The van der Waals surface area contributed by atoms with Gasteiger partial charge >= 0.3 is 5.97 Å². The average molecular weight is 322 g/mol. The van der Waals surface area contributed by atoms with Crippen LogP contribution in [-0.2, 0) is 25.5 Å². The molecule has 0 saturated heterocycles. The molecular weight excluding hydrogens is 300 g/mol. The summed E-state index contributed by atoms with van der Waals surface area (Å²) in [4.78, 5) is 33.5. The molecule has 1 aromatic carbocycles. The number of aromatic hydroxyl groups is 2. The predicted molar refractivity (Wildman–Crippen MR) is 83.1 cm³/mol. The molecule has 0 aliphatic heterocycles. The van der Waals surface area contributed by atoms with Gasteiger partial charge in [0, 0.05) is 25.2 Å². The van der Waals surface area contributed by atoms with Gasteiger partial charge in [0.15, 0.2) is 11.5 Å². The van der Waals surface area contributed by atoms with Gasteiger partial charge in [0.05, 0.1) is 6.61 Å². The van der Waals surface area contributed by atoms with Gasteiger partial charge in [-0.15, -0.1) is 0 Å².